The summed E-state index contributed by atoms with van der Waals surface area (Å²) in [5.74, 6) is 0. The monoisotopic (exact) mass is 290 g/mol. The molecule has 1 rings (SSSR count). The van der Waals surface area contributed by atoms with Crippen LogP contribution in [0.25, 0.3) is 0 Å². The highest BCUT2D eigenvalue weighted by atomic mass is 19.4. The van der Waals surface area contributed by atoms with E-state index in [9.17, 15) is 18.0 Å². The lowest BCUT2D eigenvalue weighted by Gasteiger charge is -2.21. The number of nitrogens with one attached hydrogen (secondary N) is 1. The smallest absolute Gasteiger partial charge is 0.418 e. The number of carbonyl (C=O) groups excluding carboxylic acids is 1. The van der Waals surface area contributed by atoms with E-state index in [2.05, 4.69) is 5.32 Å². The average molecular weight is 290 g/mol. The van der Waals surface area contributed by atoms with Gasteiger partial charge in [-0.15, -0.1) is 0 Å². The minimum absolute atomic E-state index is 0.0706. The molecule has 0 spiro atoms. The summed E-state index contributed by atoms with van der Waals surface area (Å²) in [6.07, 6.45) is -5.52. The molecule has 0 aliphatic rings. The van der Waals surface area contributed by atoms with E-state index < -0.39 is 23.4 Å². The molecule has 3 N–H and O–H groups in total. The van der Waals surface area contributed by atoms with E-state index in [0.717, 1.165) is 6.07 Å². The van der Waals surface area contributed by atoms with E-state index in [1.54, 1.807) is 20.8 Å². The zero-order chi connectivity index (χ0) is 15.6. The molecule has 0 heterocycles. The second-order valence-corrected chi connectivity index (χ2v) is 5.21. The summed E-state index contributed by atoms with van der Waals surface area (Å²) in [5, 5.41) is 2.11. The quantitative estimate of drug-likeness (QED) is 0.876. The van der Waals surface area contributed by atoms with Gasteiger partial charge < -0.3 is 10.5 Å². The molecule has 1 aromatic rings. The fraction of sp³-hybridized carbons (Fsp3) is 0.462. The summed E-state index contributed by atoms with van der Waals surface area (Å²) in [4.78, 5) is 11.6. The van der Waals surface area contributed by atoms with Gasteiger partial charge in [0.15, 0.2) is 0 Å². The molecule has 1 amide bonds. The second kappa shape index (κ2) is 5.70. The van der Waals surface area contributed by atoms with Gasteiger partial charge in [0.05, 0.1) is 11.3 Å². The number of ether oxygens (including phenoxy) is 1. The Labute approximate surface area is 115 Å². The maximum absolute atomic E-state index is 12.8. The summed E-state index contributed by atoms with van der Waals surface area (Å²) >= 11 is 0. The minimum Gasteiger partial charge on any atom is -0.444 e. The number of hydrogen-bond acceptors (Lipinski definition) is 3. The number of carbonyl (C=O) groups is 1. The number of anilines is 1. The summed E-state index contributed by atoms with van der Waals surface area (Å²) < 4.78 is 43.5. The first kappa shape index (κ1) is 16.3. The Bertz CT molecular complexity index is 493. The molecule has 0 aliphatic carbocycles. The van der Waals surface area contributed by atoms with E-state index in [4.69, 9.17) is 10.5 Å². The van der Waals surface area contributed by atoms with Gasteiger partial charge in [-0.05, 0) is 38.5 Å². The van der Waals surface area contributed by atoms with Crippen LogP contribution in [0.2, 0.25) is 0 Å². The summed E-state index contributed by atoms with van der Waals surface area (Å²) in [5.41, 5.74) is 3.75. The van der Waals surface area contributed by atoms with E-state index in [-0.39, 0.29) is 12.2 Å². The molecule has 0 atom stereocenters. The molecule has 20 heavy (non-hydrogen) atoms. The number of amides is 1. The van der Waals surface area contributed by atoms with E-state index in [0.29, 0.717) is 5.56 Å². The molecule has 0 radical (unpaired) electrons. The first-order valence-electron chi connectivity index (χ1n) is 5.93. The molecule has 0 saturated carbocycles. The minimum atomic E-state index is -4.57. The van der Waals surface area contributed by atoms with Gasteiger partial charge in [-0.3, -0.25) is 5.32 Å². The number of nitrogens with two attached hydrogens (primary N) is 1. The van der Waals surface area contributed by atoms with Gasteiger partial charge in [0.1, 0.15) is 5.60 Å². The van der Waals surface area contributed by atoms with Gasteiger partial charge in [-0.25, -0.2) is 4.79 Å². The normalized spacial score (nSPS) is 12.2. The molecule has 7 heteroatoms. The molecule has 0 bridgehead atoms. The number of rotatable bonds is 2. The molecule has 0 fully saturated rings. The molecular weight excluding hydrogens is 273 g/mol. The Morgan fingerprint density at radius 1 is 1.30 bits per heavy atom. The van der Waals surface area contributed by atoms with E-state index >= 15 is 0 Å². The van der Waals surface area contributed by atoms with Gasteiger partial charge in [0, 0.05) is 6.54 Å². The van der Waals surface area contributed by atoms with Crippen LogP contribution in [0.3, 0.4) is 0 Å². The average Bonchev–Trinajstić information content (AvgIpc) is 2.24. The van der Waals surface area contributed by atoms with Crippen LogP contribution in [0.5, 0.6) is 0 Å². The maximum atomic E-state index is 12.8. The molecule has 1 aromatic carbocycles. The van der Waals surface area contributed by atoms with Crippen LogP contribution in [0.1, 0.15) is 31.9 Å². The van der Waals surface area contributed by atoms with Crippen molar-refractivity contribution in [2.45, 2.75) is 39.1 Å². The third-order valence-corrected chi connectivity index (χ3v) is 2.26. The Morgan fingerprint density at radius 2 is 1.90 bits per heavy atom. The van der Waals surface area contributed by atoms with Crippen LogP contribution in [0, 0.1) is 0 Å². The van der Waals surface area contributed by atoms with Crippen molar-refractivity contribution in [3.05, 3.63) is 29.3 Å². The van der Waals surface area contributed by atoms with Crippen LogP contribution < -0.4 is 11.1 Å². The predicted octanol–water partition coefficient (Wildman–Crippen LogP) is 3.51. The molecular formula is C13H17F3N2O2. The lowest BCUT2D eigenvalue weighted by molar-refractivity contribution is -0.136. The number of hydrogen-bond donors (Lipinski definition) is 2. The van der Waals surface area contributed by atoms with Gasteiger partial charge in [0.25, 0.3) is 0 Å². The second-order valence-electron chi connectivity index (χ2n) is 5.21. The molecule has 0 aromatic heterocycles. The highest BCUT2D eigenvalue weighted by molar-refractivity contribution is 5.86. The first-order chi connectivity index (χ1) is 9.03. The van der Waals surface area contributed by atoms with Crippen molar-refractivity contribution in [1.29, 1.82) is 0 Å². The van der Waals surface area contributed by atoms with Gasteiger partial charge in [-0.2, -0.15) is 13.2 Å². The molecule has 0 aliphatic heterocycles. The number of benzene rings is 1. The third-order valence-electron chi connectivity index (χ3n) is 2.26. The SMILES string of the molecule is CC(C)(C)OC(=O)Nc1cc(CN)ccc1C(F)(F)F. The van der Waals surface area contributed by atoms with Crippen LogP contribution in [-0.2, 0) is 17.5 Å². The maximum Gasteiger partial charge on any atom is 0.418 e. The van der Waals surface area contributed by atoms with Crippen molar-refractivity contribution < 1.29 is 22.7 Å². The molecule has 4 nitrogen and oxygen atoms in total. The van der Waals surface area contributed by atoms with Crippen LogP contribution >= 0.6 is 0 Å². The lowest BCUT2D eigenvalue weighted by Crippen LogP contribution is -2.28. The fourth-order valence-electron chi connectivity index (χ4n) is 1.48. The topological polar surface area (TPSA) is 64.3 Å². The Hall–Kier alpha value is -1.76. The number of halogens is 3. The van der Waals surface area contributed by atoms with Crippen molar-refractivity contribution in [1.82, 2.24) is 0 Å². The molecule has 0 unspecified atom stereocenters. The zero-order valence-corrected chi connectivity index (χ0v) is 11.5. The first-order valence-corrected chi connectivity index (χ1v) is 5.93. The standard InChI is InChI=1S/C13H17F3N2O2/c1-12(2,3)20-11(19)18-10-6-8(7-17)4-5-9(10)13(14,15)16/h4-6H,7,17H2,1-3H3,(H,18,19). The number of alkyl halides is 3. The summed E-state index contributed by atoms with van der Waals surface area (Å²) in [6, 6.07) is 3.34. The van der Waals surface area contributed by atoms with Crippen molar-refractivity contribution in [2.24, 2.45) is 5.73 Å². The zero-order valence-electron chi connectivity index (χ0n) is 11.5. The largest absolute Gasteiger partial charge is 0.444 e. The molecule has 112 valence electrons. The van der Waals surface area contributed by atoms with Crippen molar-refractivity contribution in [3.63, 3.8) is 0 Å². The summed E-state index contributed by atoms with van der Waals surface area (Å²) in [6.45, 7) is 4.93. The van der Waals surface area contributed by atoms with Crippen molar-refractivity contribution in [2.75, 3.05) is 5.32 Å². The Kier molecular flexibility index (Phi) is 4.65. The Balaban J connectivity index is 3.05. The van der Waals surface area contributed by atoms with Crippen molar-refractivity contribution >= 4 is 11.8 Å². The van der Waals surface area contributed by atoms with E-state index in [1.165, 1.54) is 12.1 Å². The third kappa shape index (κ3) is 4.73. The van der Waals surface area contributed by atoms with Crippen LogP contribution in [0.4, 0.5) is 23.7 Å². The van der Waals surface area contributed by atoms with Crippen molar-refractivity contribution in [3.8, 4) is 0 Å². The fourth-order valence-corrected chi connectivity index (χ4v) is 1.48. The highest BCUT2D eigenvalue weighted by Gasteiger charge is 2.34. The van der Waals surface area contributed by atoms with Gasteiger partial charge in [-0.1, -0.05) is 6.07 Å². The summed E-state index contributed by atoms with van der Waals surface area (Å²) in [7, 11) is 0. The van der Waals surface area contributed by atoms with Crippen LogP contribution in [-0.4, -0.2) is 11.7 Å². The molecule has 0 saturated heterocycles. The predicted molar refractivity (Wildman–Crippen MR) is 69.2 cm³/mol. The highest BCUT2D eigenvalue weighted by Crippen LogP contribution is 2.35. The van der Waals surface area contributed by atoms with E-state index in [1.807, 2.05) is 0 Å². The van der Waals surface area contributed by atoms with Gasteiger partial charge >= 0.3 is 12.3 Å². The van der Waals surface area contributed by atoms with Crippen LogP contribution in [0.15, 0.2) is 18.2 Å². The van der Waals surface area contributed by atoms with Gasteiger partial charge in [0.2, 0.25) is 0 Å². The Morgan fingerprint density at radius 3 is 2.35 bits per heavy atom. The lowest BCUT2D eigenvalue weighted by atomic mass is 10.1.